The van der Waals surface area contributed by atoms with Crippen LogP contribution in [-0.4, -0.2) is 50.3 Å². The number of morpholine rings is 1. The fourth-order valence-corrected chi connectivity index (χ4v) is 9.36. The van der Waals surface area contributed by atoms with Crippen LogP contribution in [0.4, 0.5) is 0 Å². The number of carbonyl (C=O) groups excluding carboxylic acids is 1. The van der Waals surface area contributed by atoms with Gasteiger partial charge in [-0.3, -0.25) is 9.69 Å². The molecular weight excluding hydrogens is 398 g/mol. The summed E-state index contributed by atoms with van der Waals surface area (Å²) in [6, 6.07) is 0. The smallest absolute Gasteiger partial charge is 0.305 e. The van der Waals surface area contributed by atoms with Gasteiger partial charge < -0.3 is 9.47 Å². The largest absolute Gasteiger partial charge is 0.464 e. The number of carbonyl (C=O) groups is 1. The van der Waals surface area contributed by atoms with Gasteiger partial charge in [-0.15, -0.1) is 0 Å². The number of ether oxygens (including phenoxy) is 2. The summed E-state index contributed by atoms with van der Waals surface area (Å²) < 4.78 is 11.0. The lowest BCUT2D eigenvalue weighted by molar-refractivity contribution is -0.145. The maximum atomic E-state index is 12.5. The minimum atomic E-state index is 0.0224. The van der Waals surface area contributed by atoms with Gasteiger partial charge >= 0.3 is 5.97 Å². The third-order valence-corrected chi connectivity index (χ3v) is 11.3. The van der Waals surface area contributed by atoms with Crippen molar-refractivity contribution in [3.63, 3.8) is 0 Å². The van der Waals surface area contributed by atoms with Gasteiger partial charge in [0.25, 0.3) is 0 Å². The van der Waals surface area contributed by atoms with Gasteiger partial charge in [0.1, 0.15) is 6.61 Å². The molecule has 7 atom stereocenters. The van der Waals surface area contributed by atoms with Crippen LogP contribution in [-0.2, 0) is 14.3 Å². The zero-order valence-corrected chi connectivity index (χ0v) is 20.8. The number of nitrogens with zero attached hydrogens (tertiary/aromatic N) is 1. The first kappa shape index (κ1) is 23.1. The zero-order chi connectivity index (χ0) is 22.2. The molecule has 0 radical (unpaired) electrons. The molecule has 1 heterocycles. The lowest BCUT2D eigenvalue weighted by atomic mass is 9.45. The molecule has 1 unspecified atom stereocenters. The molecule has 0 spiro atoms. The number of esters is 1. The summed E-state index contributed by atoms with van der Waals surface area (Å²) in [7, 11) is 0. The Morgan fingerprint density at radius 1 is 0.938 bits per heavy atom. The molecule has 0 bridgehead atoms. The van der Waals surface area contributed by atoms with E-state index in [9.17, 15) is 4.79 Å². The number of hydrogen-bond acceptors (Lipinski definition) is 4. The molecule has 4 aliphatic carbocycles. The summed E-state index contributed by atoms with van der Waals surface area (Å²) in [6.07, 6.45) is 16.2. The molecule has 4 saturated carbocycles. The van der Waals surface area contributed by atoms with E-state index in [-0.39, 0.29) is 5.97 Å². The molecule has 182 valence electrons. The van der Waals surface area contributed by atoms with Crippen molar-refractivity contribution < 1.29 is 14.3 Å². The van der Waals surface area contributed by atoms with Crippen molar-refractivity contribution in [1.82, 2.24) is 4.90 Å². The molecule has 1 saturated heterocycles. The van der Waals surface area contributed by atoms with Crippen molar-refractivity contribution in [1.29, 1.82) is 0 Å². The fraction of sp³-hybridized carbons (Fsp3) is 0.964. The van der Waals surface area contributed by atoms with Crippen molar-refractivity contribution in [2.75, 3.05) is 39.5 Å². The standard InChI is InChI=1S/C28H47NO3/c1-27-13-4-3-5-21(27)6-9-23-24-10-7-22(28(24,2)14-12-25(23)27)8-11-26(30)32-20-17-29-15-18-31-19-16-29/h21-25H,3-20H2,1-2H3/t21-,22?,23-,24-,25-,27-,28+/m0/s1. The summed E-state index contributed by atoms with van der Waals surface area (Å²) in [5, 5.41) is 0. The lowest BCUT2D eigenvalue weighted by Gasteiger charge is -2.60. The Kier molecular flexibility index (Phi) is 6.92. The van der Waals surface area contributed by atoms with Gasteiger partial charge in [0.2, 0.25) is 0 Å². The minimum absolute atomic E-state index is 0.0224. The van der Waals surface area contributed by atoms with E-state index < -0.39 is 0 Å². The molecule has 4 heteroatoms. The molecule has 5 rings (SSSR count). The molecule has 5 aliphatic rings. The predicted octanol–water partition coefficient (Wildman–Crippen LogP) is 5.69. The second-order valence-electron chi connectivity index (χ2n) is 12.4. The third-order valence-electron chi connectivity index (χ3n) is 11.3. The van der Waals surface area contributed by atoms with Gasteiger partial charge in [0.05, 0.1) is 13.2 Å². The lowest BCUT2D eigenvalue weighted by Crippen LogP contribution is -2.52. The molecule has 5 fully saturated rings. The van der Waals surface area contributed by atoms with Gasteiger partial charge in [-0.05, 0) is 98.2 Å². The Morgan fingerprint density at radius 2 is 1.75 bits per heavy atom. The molecule has 0 aromatic carbocycles. The maximum absolute atomic E-state index is 12.5. The van der Waals surface area contributed by atoms with Crippen LogP contribution in [0.2, 0.25) is 0 Å². The van der Waals surface area contributed by atoms with Crippen LogP contribution < -0.4 is 0 Å². The van der Waals surface area contributed by atoms with E-state index >= 15 is 0 Å². The zero-order valence-electron chi connectivity index (χ0n) is 20.8. The van der Waals surface area contributed by atoms with Gasteiger partial charge in [0, 0.05) is 26.1 Å². The summed E-state index contributed by atoms with van der Waals surface area (Å²) in [5.41, 5.74) is 1.10. The highest BCUT2D eigenvalue weighted by molar-refractivity contribution is 5.69. The second kappa shape index (κ2) is 9.56. The van der Waals surface area contributed by atoms with Crippen LogP contribution >= 0.6 is 0 Å². The Labute approximate surface area is 196 Å². The highest BCUT2D eigenvalue weighted by Gasteiger charge is 2.59. The van der Waals surface area contributed by atoms with Crippen LogP contribution in [0.3, 0.4) is 0 Å². The van der Waals surface area contributed by atoms with Crippen LogP contribution in [0.1, 0.15) is 90.9 Å². The summed E-state index contributed by atoms with van der Waals surface area (Å²) in [4.78, 5) is 14.8. The van der Waals surface area contributed by atoms with Crippen LogP contribution in [0, 0.1) is 40.4 Å². The maximum Gasteiger partial charge on any atom is 0.305 e. The molecule has 0 aromatic rings. The molecular formula is C28H47NO3. The fourth-order valence-electron chi connectivity index (χ4n) is 9.36. The van der Waals surface area contributed by atoms with Crippen molar-refractivity contribution >= 4 is 5.97 Å². The molecule has 0 N–H and O–H groups in total. The third kappa shape index (κ3) is 4.28. The number of hydrogen-bond donors (Lipinski definition) is 0. The van der Waals surface area contributed by atoms with Gasteiger partial charge in [-0.1, -0.05) is 26.7 Å². The first-order valence-corrected chi connectivity index (χ1v) is 14.0. The first-order valence-electron chi connectivity index (χ1n) is 14.0. The van der Waals surface area contributed by atoms with Crippen molar-refractivity contribution in [3.8, 4) is 0 Å². The number of rotatable bonds is 6. The topological polar surface area (TPSA) is 38.8 Å². The summed E-state index contributed by atoms with van der Waals surface area (Å²) in [5.74, 6) is 4.59. The van der Waals surface area contributed by atoms with Crippen molar-refractivity contribution in [2.45, 2.75) is 90.9 Å². The quantitative estimate of drug-likeness (QED) is 0.492. The monoisotopic (exact) mass is 445 g/mol. The van der Waals surface area contributed by atoms with E-state index in [0.29, 0.717) is 23.9 Å². The second-order valence-corrected chi connectivity index (χ2v) is 12.4. The van der Waals surface area contributed by atoms with Crippen LogP contribution in [0.15, 0.2) is 0 Å². The summed E-state index contributed by atoms with van der Waals surface area (Å²) >= 11 is 0. The van der Waals surface area contributed by atoms with Crippen LogP contribution in [0.5, 0.6) is 0 Å². The van der Waals surface area contributed by atoms with E-state index in [1.807, 2.05) is 0 Å². The van der Waals surface area contributed by atoms with E-state index in [1.165, 1.54) is 64.2 Å². The first-order chi connectivity index (χ1) is 15.5. The van der Waals surface area contributed by atoms with E-state index in [1.54, 1.807) is 0 Å². The molecule has 4 nitrogen and oxygen atoms in total. The predicted molar refractivity (Wildman–Crippen MR) is 127 cm³/mol. The Morgan fingerprint density at radius 3 is 2.59 bits per heavy atom. The van der Waals surface area contributed by atoms with E-state index in [2.05, 4.69) is 18.7 Å². The van der Waals surface area contributed by atoms with Crippen LogP contribution in [0.25, 0.3) is 0 Å². The molecule has 0 amide bonds. The van der Waals surface area contributed by atoms with Gasteiger partial charge in [-0.25, -0.2) is 0 Å². The van der Waals surface area contributed by atoms with Gasteiger partial charge in [-0.2, -0.15) is 0 Å². The Balaban J connectivity index is 1.12. The molecule has 1 aliphatic heterocycles. The molecule has 0 aromatic heterocycles. The highest BCUT2D eigenvalue weighted by atomic mass is 16.5. The van der Waals surface area contributed by atoms with Crippen molar-refractivity contribution in [3.05, 3.63) is 0 Å². The van der Waals surface area contributed by atoms with Gasteiger partial charge in [0.15, 0.2) is 0 Å². The summed E-state index contributed by atoms with van der Waals surface area (Å²) in [6.45, 7) is 10.2. The Bertz CT molecular complexity index is 661. The Hall–Kier alpha value is -0.610. The average molecular weight is 446 g/mol. The van der Waals surface area contributed by atoms with E-state index in [4.69, 9.17) is 9.47 Å². The minimum Gasteiger partial charge on any atom is -0.464 e. The molecule has 32 heavy (non-hydrogen) atoms. The SMILES string of the molecule is C[C@]12CCCC[C@H]1CC[C@@H]1[C@@H]2CC[C@]2(C)C(CCC(=O)OCCN3CCOCC3)CC[C@@H]12. The average Bonchev–Trinajstić information content (AvgIpc) is 3.14. The normalized spacial score (nSPS) is 44.4. The van der Waals surface area contributed by atoms with Crippen molar-refractivity contribution in [2.24, 2.45) is 40.4 Å². The number of fused-ring (bicyclic) bond motifs is 5. The highest BCUT2D eigenvalue weighted by Crippen LogP contribution is 2.67. The van der Waals surface area contributed by atoms with E-state index in [0.717, 1.165) is 68.9 Å².